The molecule has 98 valence electrons. The standard InChI is InChI=1S/C9H16N2O4S2/c1-2-3-7-17(14,15)10-5-4-6-16-9(10)8-11(12)13/h8H,2-7H2,1H3. The van der Waals surface area contributed by atoms with Crippen LogP contribution in [0.5, 0.6) is 0 Å². The van der Waals surface area contributed by atoms with E-state index in [9.17, 15) is 18.5 Å². The fourth-order valence-electron chi connectivity index (χ4n) is 1.47. The molecule has 0 atom stereocenters. The van der Waals surface area contributed by atoms with E-state index in [2.05, 4.69) is 0 Å². The molecule has 1 rings (SSSR count). The minimum Gasteiger partial charge on any atom is -0.259 e. The van der Waals surface area contributed by atoms with E-state index in [-0.39, 0.29) is 10.8 Å². The van der Waals surface area contributed by atoms with E-state index < -0.39 is 14.9 Å². The third-order valence-corrected chi connectivity index (χ3v) is 5.39. The molecule has 6 nitrogen and oxygen atoms in total. The molecule has 0 amide bonds. The molecule has 1 aliphatic rings. The van der Waals surface area contributed by atoms with Gasteiger partial charge in [-0.3, -0.25) is 14.4 Å². The van der Waals surface area contributed by atoms with Gasteiger partial charge in [0.1, 0.15) is 0 Å². The van der Waals surface area contributed by atoms with Crippen LogP contribution in [0.25, 0.3) is 0 Å². The van der Waals surface area contributed by atoms with Crippen molar-refractivity contribution in [3.8, 4) is 0 Å². The molecular weight excluding hydrogens is 264 g/mol. The van der Waals surface area contributed by atoms with Crippen LogP contribution in [0.4, 0.5) is 0 Å². The van der Waals surface area contributed by atoms with Gasteiger partial charge in [-0.05, 0) is 12.8 Å². The normalized spacial score (nSPS) is 19.6. The summed E-state index contributed by atoms with van der Waals surface area (Å²) in [4.78, 5) is 9.85. The third-order valence-electron chi connectivity index (χ3n) is 2.31. The van der Waals surface area contributed by atoms with Crippen molar-refractivity contribution in [3.63, 3.8) is 0 Å². The predicted octanol–water partition coefficient (Wildman–Crippen LogP) is 1.63. The maximum atomic E-state index is 12.0. The van der Waals surface area contributed by atoms with Crippen LogP contribution in [0.3, 0.4) is 0 Å². The van der Waals surface area contributed by atoms with Crippen LogP contribution in [-0.4, -0.2) is 35.7 Å². The third kappa shape index (κ3) is 4.19. The minimum atomic E-state index is -3.40. The summed E-state index contributed by atoms with van der Waals surface area (Å²) < 4.78 is 25.2. The Hall–Kier alpha value is -0.760. The molecule has 0 aromatic carbocycles. The van der Waals surface area contributed by atoms with Crippen LogP contribution in [0.2, 0.25) is 0 Å². The summed E-state index contributed by atoms with van der Waals surface area (Å²) >= 11 is 1.23. The van der Waals surface area contributed by atoms with Crippen molar-refractivity contribution in [2.24, 2.45) is 0 Å². The van der Waals surface area contributed by atoms with E-state index in [1.165, 1.54) is 16.1 Å². The summed E-state index contributed by atoms with van der Waals surface area (Å²) in [5, 5.41) is 10.7. The van der Waals surface area contributed by atoms with Crippen molar-refractivity contribution >= 4 is 21.8 Å². The molecule has 17 heavy (non-hydrogen) atoms. The summed E-state index contributed by atoms with van der Waals surface area (Å²) in [6.45, 7) is 2.26. The van der Waals surface area contributed by atoms with E-state index >= 15 is 0 Å². The van der Waals surface area contributed by atoms with E-state index in [4.69, 9.17) is 0 Å². The number of nitro groups is 1. The van der Waals surface area contributed by atoms with Gasteiger partial charge in [0, 0.05) is 12.3 Å². The quantitative estimate of drug-likeness (QED) is 0.565. The van der Waals surface area contributed by atoms with Crippen molar-refractivity contribution in [1.29, 1.82) is 0 Å². The summed E-state index contributed by atoms with van der Waals surface area (Å²) in [7, 11) is -3.40. The first-order chi connectivity index (χ1) is 7.97. The highest BCUT2D eigenvalue weighted by molar-refractivity contribution is 8.04. The van der Waals surface area contributed by atoms with Gasteiger partial charge in [0.05, 0.1) is 10.7 Å². The van der Waals surface area contributed by atoms with E-state index in [0.717, 1.165) is 24.8 Å². The molecule has 1 aliphatic heterocycles. The first kappa shape index (κ1) is 14.3. The number of rotatable bonds is 5. The van der Waals surface area contributed by atoms with Crippen LogP contribution < -0.4 is 0 Å². The molecule has 0 aliphatic carbocycles. The molecular formula is C9H16N2O4S2. The Morgan fingerprint density at radius 3 is 2.88 bits per heavy atom. The maximum Gasteiger partial charge on any atom is 0.265 e. The lowest BCUT2D eigenvalue weighted by molar-refractivity contribution is -0.403. The molecule has 0 saturated carbocycles. The highest BCUT2D eigenvalue weighted by Crippen LogP contribution is 2.29. The van der Waals surface area contributed by atoms with E-state index in [1.54, 1.807) is 0 Å². The Morgan fingerprint density at radius 1 is 1.59 bits per heavy atom. The molecule has 0 unspecified atom stereocenters. The van der Waals surface area contributed by atoms with Crippen molar-refractivity contribution in [3.05, 3.63) is 21.3 Å². The second-order valence-corrected chi connectivity index (χ2v) is 6.82. The fourth-order valence-corrected chi connectivity index (χ4v) is 4.45. The average molecular weight is 280 g/mol. The predicted molar refractivity (Wildman–Crippen MR) is 67.6 cm³/mol. The molecule has 0 spiro atoms. The van der Waals surface area contributed by atoms with Crippen molar-refractivity contribution in [2.75, 3.05) is 18.1 Å². The Kier molecular flexibility index (Phi) is 5.26. The van der Waals surface area contributed by atoms with Crippen molar-refractivity contribution in [2.45, 2.75) is 26.2 Å². The zero-order chi connectivity index (χ0) is 12.9. The van der Waals surface area contributed by atoms with Gasteiger partial charge in [-0.25, -0.2) is 8.42 Å². The first-order valence-electron chi connectivity index (χ1n) is 5.46. The van der Waals surface area contributed by atoms with Gasteiger partial charge >= 0.3 is 0 Å². The summed E-state index contributed by atoms with van der Waals surface area (Å²) in [6.07, 6.45) is 2.88. The molecule has 0 radical (unpaired) electrons. The average Bonchev–Trinajstić information content (AvgIpc) is 2.26. The Morgan fingerprint density at radius 2 is 2.29 bits per heavy atom. The van der Waals surface area contributed by atoms with Crippen LogP contribution in [0, 0.1) is 10.1 Å². The molecule has 8 heteroatoms. The number of unbranched alkanes of at least 4 members (excludes halogenated alkanes) is 1. The molecule has 0 aromatic heterocycles. The zero-order valence-corrected chi connectivity index (χ0v) is 11.3. The van der Waals surface area contributed by atoms with Gasteiger partial charge in [-0.1, -0.05) is 13.3 Å². The summed E-state index contributed by atoms with van der Waals surface area (Å²) in [6, 6.07) is 0. The topological polar surface area (TPSA) is 80.5 Å². The van der Waals surface area contributed by atoms with Crippen molar-refractivity contribution in [1.82, 2.24) is 4.31 Å². The smallest absolute Gasteiger partial charge is 0.259 e. The highest BCUT2D eigenvalue weighted by atomic mass is 32.2. The lowest BCUT2D eigenvalue weighted by atomic mass is 10.4. The summed E-state index contributed by atoms with van der Waals surface area (Å²) in [5.41, 5.74) is 0. The number of sulfonamides is 1. The SMILES string of the molecule is CCCCS(=O)(=O)N1CCCSC1=C[N+](=O)[O-]. The molecule has 1 heterocycles. The number of hydrogen-bond donors (Lipinski definition) is 0. The molecule has 1 saturated heterocycles. The second kappa shape index (κ2) is 6.25. The van der Waals surface area contributed by atoms with Crippen LogP contribution >= 0.6 is 11.8 Å². The van der Waals surface area contributed by atoms with Crippen molar-refractivity contribution < 1.29 is 13.3 Å². The molecule has 0 bridgehead atoms. The maximum absolute atomic E-state index is 12.0. The first-order valence-corrected chi connectivity index (χ1v) is 8.05. The van der Waals surface area contributed by atoms with Gasteiger partial charge in [-0.2, -0.15) is 0 Å². The number of nitrogens with zero attached hydrogens (tertiary/aromatic N) is 2. The Balaban J connectivity index is 2.88. The van der Waals surface area contributed by atoms with Crippen LogP contribution in [0.1, 0.15) is 26.2 Å². The number of thioether (sulfide) groups is 1. The Labute approximate surface area is 105 Å². The Bertz CT molecular complexity index is 405. The lowest BCUT2D eigenvalue weighted by Gasteiger charge is -2.28. The van der Waals surface area contributed by atoms with E-state index in [0.29, 0.717) is 13.0 Å². The second-order valence-electron chi connectivity index (χ2n) is 3.70. The zero-order valence-electron chi connectivity index (χ0n) is 9.66. The van der Waals surface area contributed by atoms with Gasteiger partial charge in [0.25, 0.3) is 6.20 Å². The molecule has 0 aromatic rings. The van der Waals surface area contributed by atoms with Crippen LogP contribution in [0.15, 0.2) is 11.2 Å². The molecule has 1 fully saturated rings. The number of hydrogen-bond acceptors (Lipinski definition) is 5. The van der Waals surface area contributed by atoms with Crippen LogP contribution in [-0.2, 0) is 10.0 Å². The summed E-state index contributed by atoms with van der Waals surface area (Å²) in [5.74, 6) is 0.776. The van der Waals surface area contributed by atoms with Gasteiger partial charge < -0.3 is 0 Å². The highest BCUT2D eigenvalue weighted by Gasteiger charge is 2.28. The monoisotopic (exact) mass is 280 g/mol. The largest absolute Gasteiger partial charge is 0.265 e. The van der Waals surface area contributed by atoms with Gasteiger partial charge in [-0.15, -0.1) is 11.8 Å². The fraction of sp³-hybridized carbons (Fsp3) is 0.778. The van der Waals surface area contributed by atoms with Gasteiger partial charge in [0.15, 0.2) is 5.03 Å². The molecule has 0 N–H and O–H groups in total. The lowest BCUT2D eigenvalue weighted by Crippen LogP contribution is -2.35. The minimum absolute atomic E-state index is 0.0547. The van der Waals surface area contributed by atoms with Gasteiger partial charge in [0.2, 0.25) is 10.0 Å². The van der Waals surface area contributed by atoms with E-state index in [1.807, 2.05) is 6.92 Å².